The van der Waals surface area contributed by atoms with Crippen LogP contribution < -0.4 is 26.7 Å². The average Bonchev–Trinajstić information content (AvgIpc) is 2.86. The fourth-order valence-corrected chi connectivity index (χ4v) is 4.22. The fraction of sp³-hybridized carbons (Fsp3) is 0.320. The number of rotatable bonds is 10. The van der Waals surface area contributed by atoms with Gasteiger partial charge >= 0.3 is 0 Å². The summed E-state index contributed by atoms with van der Waals surface area (Å²) in [4.78, 5) is 3.32. The van der Waals surface area contributed by atoms with Crippen LogP contribution in [0.25, 0.3) is 10.4 Å². The lowest BCUT2D eigenvalue weighted by Crippen LogP contribution is -2.13. The Labute approximate surface area is 215 Å². The van der Waals surface area contributed by atoms with Crippen molar-refractivity contribution in [2.24, 2.45) is 17.2 Å². The first kappa shape index (κ1) is 28.0. The molecule has 0 saturated carbocycles. The summed E-state index contributed by atoms with van der Waals surface area (Å²) in [6.07, 6.45) is 3.16. The Kier molecular flexibility index (Phi) is 10.4. The number of allylic oxidation sites excluding steroid dienone is 1. The zero-order valence-corrected chi connectivity index (χ0v) is 20.9. The van der Waals surface area contributed by atoms with Crippen molar-refractivity contribution < 1.29 is 9.47 Å². The normalized spacial score (nSPS) is 12.9. The molecule has 35 heavy (non-hydrogen) atoms. The van der Waals surface area contributed by atoms with Gasteiger partial charge in [0.1, 0.15) is 23.6 Å². The molecule has 2 aromatic carbocycles. The summed E-state index contributed by atoms with van der Waals surface area (Å²) in [5.74, 6) is 0.624. The van der Waals surface area contributed by atoms with Crippen LogP contribution in [0.4, 0.5) is 0 Å². The molecule has 6 N–H and O–H groups in total. The lowest BCUT2D eigenvalue weighted by Gasteiger charge is -2.19. The Morgan fingerprint density at radius 2 is 1.43 bits per heavy atom. The summed E-state index contributed by atoms with van der Waals surface area (Å²) in [6.45, 7) is 7.04. The van der Waals surface area contributed by atoms with Crippen molar-refractivity contribution in [2.45, 2.75) is 37.5 Å². The minimum Gasteiger partial charge on any atom is -0.495 e. The number of ether oxygens (including phenoxy) is 2. The van der Waals surface area contributed by atoms with E-state index in [4.69, 9.17) is 56.4 Å². The monoisotopic (exact) mass is 512 g/mol. The molecular weight excluding hydrogens is 487 g/mol. The molecule has 0 bridgehead atoms. The van der Waals surface area contributed by atoms with Crippen molar-refractivity contribution in [3.8, 4) is 23.6 Å². The first-order chi connectivity index (χ1) is 16.7. The van der Waals surface area contributed by atoms with E-state index < -0.39 is 18.2 Å². The van der Waals surface area contributed by atoms with Crippen molar-refractivity contribution in [3.63, 3.8) is 0 Å². The summed E-state index contributed by atoms with van der Waals surface area (Å²) < 4.78 is 10.8. The van der Waals surface area contributed by atoms with E-state index in [1.807, 2.05) is 18.2 Å². The molecule has 0 fully saturated rings. The Hall–Kier alpha value is -3.29. The van der Waals surface area contributed by atoms with Gasteiger partial charge < -0.3 is 20.9 Å². The zero-order chi connectivity index (χ0) is 26.1. The van der Waals surface area contributed by atoms with Gasteiger partial charge in [-0.3, -0.25) is 10.6 Å². The molecule has 3 unspecified atom stereocenters. The molecule has 0 aliphatic heterocycles. The summed E-state index contributed by atoms with van der Waals surface area (Å²) in [7, 11) is 2.90. The Bertz CT molecular complexity index is 1150. The maximum atomic E-state index is 9.41. The Morgan fingerprint density at radius 1 is 0.971 bits per heavy atom. The van der Waals surface area contributed by atoms with Crippen molar-refractivity contribution in [2.75, 3.05) is 14.2 Å². The lowest BCUT2D eigenvalue weighted by molar-refractivity contribution is 0.408. The molecule has 0 aliphatic rings. The third-order valence-electron chi connectivity index (χ3n) is 5.34. The van der Waals surface area contributed by atoms with E-state index in [1.165, 1.54) is 14.2 Å². The van der Waals surface area contributed by atoms with Gasteiger partial charge in [0.15, 0.2) is 0 Å². The molecule has 2 rings (SSSR count). The third-order valence-corrected chi connectivity index (χ3v) is 5.90. The van der Waals surface area contributed by atoms with Crippen molar-refractivity contribution in [1.82, 2.24) is 0 Å². The smallest absolute Gasteiger partial charge is 0.274 e. The highest BCUT2D eigenvalue weighted by molar-refractivity contribution is 6.33. The number of unbranched alkanes of at least 4 members (excludes halogenated alkanes) is 1. The SMILES string of the molecule is [C-]#[N+]C(N)CCCC=C(c1cc(Cl)c(OC)c(C(N)C#N)c1)c1cc(Cl)c(OC)c(C(N)C#N)c1. The number of nitrogens with zero attached hydrogens (tertiary/aromatic N) is 3. The maximum Gasteiger partial charge on any atom is 0.274 e. The quantitative estimate of drug-likeness (QED) is 0.303. The predicted octanol–water partition coefficient (Wildman–Crippen LogP) is 4.86. The molecule has 0 radical (unpaired) electrons. The predicted molar refractivity (Wildman–Crippen MR) is 137 cm³/mol. The molecule has 182 valence electrons. The van der Waals surface area contributed by atoms with Crippen LogP contribution in [0.5, 0.6) is 11.5 Å². The molecule has 0 amide bonds. The van der Waals surface area contributed by atoms with Gasteiger partial charge in [0.25, 0.3) is 6.17 Å². The van der Waals surface area contributed by atoms with Crippen LogP contribution in [0.1, 0.15) is 53.6 Å². The number of benzene rings is 2. The third kappa shape index (κ3) is 6.65. The van der Waals surface area contributed by atoms with Gasteiger partial charge in [0.05, 0.1) is 36.4 Å². The molecule has 3 atom stereocenters. The molecule has 2 aromatic rings. The second kappa shape index (κ2) is 13.0. The summed E-state index contributed by atoms with van der Waals surface area (Å²) in [5, 5.41) is 19.4. The minimum atomic E-state index is -0.970. The van der Waals surface area contributed by atoms with Gasteiger partial charge in [-0.15, -0.1) is 0 Å². The molecule has 0 aromatic heterocycles. The van der Waals surface area contributed by atoms with Crippen LogP contribution in [0.2, 0.25) is 10.0 Å². The van der Waals surface area contributed by atoms with Gasteiger partial charge in [-0.25, -0.2) is 6.57 Å². The van der Waals surface area contributed by atoms with E-state index in [1.54, 1.807) is 24.3 Å². The molecule has 10 heteroatoms. The number of nitriles is 2. The molecular formula is C25H26Cl2N6O2. The van der Waals surface area contributed by atoms with E-state index >= 15 is 0 Å². The largest absolute Gasteiger partial charge is 0.495 e. The molecule has 0 aliphatic carbocycles. The first-order valence-electron chi connectivity index (χ1n) is 10.6. The molecule has 8 nitrogen and oxygen atoms in total. The van der Waals surface area contributed by atoms with E-state index in [0.717, 1.165) is 0 Å². The molecule has 0 saturated heterocycles. The van der Waals surface area contributed by atoms with Crippen LogP contribution in [-0.2, 0) is 0 Å². The van der Waals surface area contributed by atoms with E-state index in [2.05, 4.69) is 4.85 Å². The Morgan fingerprint density at radius 3 is 1.80 bits per heavy atom. The van der Waals surface area contributed by atoms with Crippen LogP contribution in [0.15, 0.2) is 30.3 Å². The van der Waals surface area contributed by atoms with Crippen LogP contribution in [-0.4, -0.2) is 20.4 Å². The number of hydrogen-bond acceptors (Lipinski definition) is 7. The summed E-state index contributed by atoms with van der Waals surface area (Å²) in [6, 6.07) is 8.94. The van der Waals surface area contributed by atoms with Crippen molar-refractivity contribution in [1.29, 1.82) is 10.5 Å². The van der Waals surface area contributed by atoms with Crippen LogP contribution in [0.3, 0.4) is 0 Å². The molecule has 0 heterocycles. The van der Waals surface area contributed by atoms with Gasteiger partial charge in [-0.1, -0.05) is 29.3 Å². The van der Waals surface area contributed by atoms with Gasteiger partial charge in [0, 0.05) is 17.5 Å². The van der Waals surface area contributed by atoms with Gasteiger partial charge in [0.2, 0.25) is 0 Å². The standard InChI is InChI=1S/C25H26Cl2N6O2/c1-33-23(32)7-5-4-6-16(14-8-17(21(30)12-28)24(34-2)19(26)10-14)15-9-18(22(31)13-29)25(35-3)20(27)11-15/h6,8-11,21-23H,4-5,7,30-32H2,2-3H3. The maximum absolute atomic E-state index is 9.41. The van der Waals surface area contributed by atoms with Crippen LogP contribution >= 0.6 is 23.2 Å². The van der Waals surface area contributed by atoms with Gasteiger partial charge in [-0.2, -0.15) is 10.5 Å². The van der Waals surface area contributed by atoms with E-state index in [0.29, 0.717) is 58.6 Å². The number of halogens is 2. The Balaban J connectivity index is 2.74. The second-order valence-electron chi connectivity index (χ2n) is 7.62. The fourth-order valence-electron chi connectivity index (χ4n) is 3.61. The van der Waals surface area contributed by atoms with Gasteiger partial charge in [-0.05, 0) is 53.8 Å². The van der Waals surface area contributed by atoms with Crippen molar-refractivity contribution >= 4 is 28.8 Å². The average molecular weight is 513 g/mol. The number of nitrogens with two attached hydrogens (primary N) is 3. The minimum absolute atomic E-state index is 0.278. The summed E-state index contributed by atoms with van der Waals surface area (Å²) in [5.41, 5.74) is 20.6. The summed E-state index contributed by atoms with van der Waals surface area (Å²) >= 11 is 13.0. The van der Waals surface area contributed by atoms with Crippen molar-refractivity contribution in [3.05, 3.63) is 74.1 Å². The highest BCUT2D eigenvalue weighted by Gasteiger charge is 2.21. The number of hydrogen-bond donors (Lipinski definition) is 3. The lowest BCUT2D eigenvalue weighted by atomic mass is 9.91. The zero-order valence-electron chi connectivity index (χ0n) is 19.4. The second-order valence-corrected chi connectivity index (χ2v) is 8.43. The van der Waals surface area contributed by atoms with Crippen LogP contribution in [0, 0.1) is 29.2 Å². The topological polar surface area (TPSA) is 148 Å². The first-order valence-corrected chi connectivity index (χ1v) is 11.4. The molecule has 0 spiro atoms. The van der Waals surface area contributed by atoms with E-state index in [-0.39, 0.29) is 10.0 Å². The van der Waals surface area contributed by atoms with E-state index in [9.17, 15) is 10.5 Å². The highest BCUT2D eigenvalue weighted by Crippen LogP contribution is 2.40. The number of methoxy groups -OCH3 is 2. The highest BCUT2D eigenvalue weighted by atomic mass is 35.5.